The molecule has 1 amide bonds. The Morgan fingerprint density at radius 2 is 1.84 bits per heavy atom. The fourth-order valence-corrected chi connectivity index (χ4v) is 2.12. The van der Waals surface area contributed by atoms with Crippen LogP contribution in [0.5, 0.6) is 0 Å². The van der Waals surface area contributed by atoms with Gasteiger partial charge in [0.25, 0.3) is 0 Å². The molecule has 0 aliphatic rings. The number of aliphatic hydroxyl groups is 1. The minimum atomic E-state index is -0.613. The molecule has 0 spiro atoms. The fourth-order valence-electron chi connectivity index (χ4n) is 2.12. The molecule has 0 unspecified atom stereocenters. The summed E-state index contributed by atoms with van der Waals surface area (Å²) >= 11 is 0. The monoisotopic (exact) mass is 264 g/mol. The van der Waals surface area contributed by atoms with Crippen molar-refractivity contribution in [1.29, 1.82) is 0 Å². The second-order valence-electron chi connectivity index (χ2n) is 5.26. The largest absolute Gasteiger partial charge is 0.399 e. The van der Waals surface area contributed by atoms with Crippen molar-refractivity contribution >= 4 is 11.6 Å². The second kappa shape index (κ2) is 6.57. The molecule has 0 saturated heterocycles. The molecule has 0 aromatic heterocycles. The molecular weight excluding hydrogens is 240 g/mol. The number of nitrogen functional groups attached to an aromatic ring is 1. The third kappa shape index (κ3) is 3.70. The van der Waals surface area contributed by atoms with Crippen LogP contribution in [0, 0.1) is 0 Å². The van der Waals surface area contributed by atoms with Gasteiger partial charge in [0.15, 0.2) is 0 Å². The van der Waals surface area contributed by atoms with Gasteiger partial charge in [-0.05, 0) is 38.0 Å². The van der Waals surface area contributed by atoms with E-state index in [4.69, 9.17) is 10.8 Å². The third-order valence-electron chi connectivity index (χ3n) is 3.32. The molecule has 4 heteroatoms. The van der Waals surface area contributed by atoms with Crippen LogP contribution in [0.15, 0.2) is 24.3 Å². The Hall–Kier alpha value is -1.55. The normalized spacial score (nSPS) is 11.4. The van der Waals surface area contributed by atoms with Crippen molar-refractivity contribution in [3.8, 4) is 0 Å². The zero-order chi connectivity index (χ0) is 14.5. The number of rotatable bonds is 6. The van der Waals surface area contributed by atoms with E-state index in [1.54, 1.807) is 17.0 Å². The van der Waals surface area contributed by atoms with E-state index < -0.39 is 5.41 Å². The Labute approximate surface area is 115 Å². The van der Waals surface area contributed by atoms with Crippen LogP contribution in [0.4, 0.5) is 5.69 Å². The molecule has 4 nitrogen and oxygen atoms in total. The fraction of sp³-hybridized carbons (Fsp3) is 0.533. The number of carbonyl (C=O) groups excluding carboxylic acids is 1. The predicted octanol–water partition coefficient (Wildman–Crippen LogP) is 1.78. The standard InChI is InChI=1S/C15H24N2O2/c1-4-9-17(10-11-18)14(19)15(2,3)12-5-7-13(16)8-6-12/h5-8,18H,4,9-11,16H2,1-3H3. The molecule has 0 heterocycles. The van der Waals surface area contributed by atoms with Gasteiger partial charge in [-0.3, -0.25) is 4.79 Å². The van der Waals surface area contributed by atoms with Crippen LogP contribution in [0.3, 0.4) is 0 Å². The lowest BCUT2D eigenvalue weighted by Crippen LogP contribution is -2.45. The number of hydrogen-bond donors (Lipinski definition) is 2. The molecule has 0 atom stereocenters. The summed E-state index contributed by atoms with van der Waals surface area (Å²) in [5.41, 5.74) is 6.68. The lowest BCUT2D eigenvalue weighted by molar-refractivity contribution is -0.136. The zero-order valence-corrected chi connectivity index (χ0v) is 12.0. The lowest BCUT2D eigenvalue weighted by atomic mass is 9.83. The highest BCUT2D eigenvalue weighted by Crippen LogP contribution is 2.26. The van der Waals surface area contributed by atoms with E-state index in [-0.39, 0.29) is 12.5 Å². The number of nitrogens with zero attached hydrogens (tertiary/aromatic N) is 1. The Bertz CT molecular complexity index is 407. The van der Waals surface area contributed by atoms with Gasteiger partial charge in [0, 0.05) is 18.8 Å². The quantitative estimate of drug-likeness (QED) is 0.770. The second-order valence-corrected chi connectivity index (χ2v) is 5.26. The first kappa shape index (κ1) is 15.5. The minimum Gasteiger partial charge on any atom is -0.399 e. The first-order chi connectivity index (χ1) is 8.93. The molecule has 0 radical (unpaired) electrons. The zero-order valence-electron chi connectivity index (χ0n) is 12.0. The van der Waals surface area contributed by atoms with Gasteiger partial charge >= 0.3 is 0 Å². The summed E-state index contributed by atoms with van der Waals surface area (Å²) < 4.78 is 0. The number of hydrogen-bond acceptors (Lipinski definition) is 3. The number of anilines is 1. The van der Waals surface area contributed by atoms with E-state index in [0.29, 0.717) is 18.8 Å². The first-order valence-corrected chi connectivity index (χ1v) is 6.69. The van der Waals surface area contributed by atoms with Crippen molar-refractivity contribution in [2.45, 2.75) is 32.6 Å². The molecular formula is C15H24N2O2. The van der Waals surface area contributed by atoms with Crippen LogP contribution in [0.2, 0.25) is 0 Å². The van der Waals surface area contributed by atoms with Crippen LogP contribution >= 0.6 is 0 Å². The van der Waals surface area contributed by atoms with E-state index in [2.05, 4.69) is 0 Å². The molecule has 106 valence electrons. The molecule has 1 rings (SSSR count). The third-order valence-corrected chi connectivity index (χ3v) is 3.32. The van der Waals surface area contributed by atoms with Crippen LogP contribution in [-0.4, -0.2) is 35.6 Å². The molecule has 0 aliphatic heterocycles. The summed E-state index contributed by atoms with van der Waals surface area (Å²) in [6, 6.07) is 7.38. The Morgan fingerprint density at radius 3 is 2.32 bits per heavy atom. The smallest absolute Gasteiger partial charge is 0.232 e. The predicted molar refractivity (Wildman–Crippen MR) is 77.8 cm³/mol. The van der Waals surface area contributed by atoms with Crippen molar-refractivity contribution in [3.63, 3.8) is 0 Å². The summed E-state index contributed by atoms with van der Waals surface area (Å²) in [5.74, 6) is 0.0353. The summed E-state index contributed by atoms with van der Waals surface area (Å²) in [6.45, 7) is 6.86. The van der Waals surface area contributed by atoms with Gasteiger partial charge in [0.05, 0.1) is 12.0 Å². The van der Waals surface area contributed by atoms with Gasteiger partial charge in [-0.25, -0.2) is 0 Å². The molecule has 0 saturated carbocycles. The topological polar surface area (TPSA) is 66.6 Å². The number of benzene rings is 1. The van der Waals surface area contributed by atoms with Crippen molar-refractivity contribution in [2.75, 3.05) is 25.4 Å². The number of nitrogens with two attached hydrogens (primary N) is 1. The van der Waals surface area contributed by atoms with E-state index in [1.807, 2.05) is 32.9 Å². The van der Waals surface area contributed by atoms with Crippen molar-refractivity contribution < 1.29 is 9.90 Å². The van der Waals surface area contributed by atoms with Crippen molar-refractivity contribution in [3.05, 3.63) is 29.8 Å². The van der Waals surface area contributed by atoms with Gasteiger partial charge in [0.2, 0.25) is 5.91 Å². The Kier molecular flexibility index (Phi) is 5.36. The average molecular weight is 264 g/mol. The highest BCUT2D eigenvalue weighted by Gasteiger charge is 2.33. The summed E-state index contributed by atoms with van der Waals surface area (Å²) in [7, 11) is 0. The highest BCUT2D eigenvalue weighted by atomic mass is 16.3. The van der Waals surface area contributed by atoms with Crippen LogP contribution in [0.1, 0.15) is 32.8 Å². The van der Waals surface area contributed by atoms with E-state index >= 15 is 0 Å². The van der Waals surface area contributed by atoms with Crippen molar-refractivity contribution in [2.24, 2.45) is 0 Å². The average Bonchev–Trinajstić information content (AvgIpc) is 2.38. The maximum atomic E-state index is 12.6. The van der Waals surface area contributed by atoms with E-state index in [0.717, 1.165) is 12.0 Å². The van der Waals surface area contributed by atoms with Crippen LogP contribution < -0.4 is 5.73 Å². The van der Waals surface area contributed by atoms with Gasteiger partial charge in [-0.1, -0.05) is 19.1 Å². The molecule has 3 N–H and O–H groups in total. The summed E-state index contributed by atoms with van der Waals surface area (Å²) in [5, 5.41) is 9.07. The summed E-state index contributed by atoms with van der Waals surface area (Å²) in [4.78, 5) is 14.3. The first-order valence-electron chi connectivity index (χ1n) is 6.69. The highest BCUT2D eigenvalue weighted by molar-refractivity contribution is 5.87. The molecule has 0 bridgehead atoms. The minimum absolute atomic E-state index is 0.0104. The SMILES string of the molecule is CCCN(CCO)C(=O)C(C)(C)c1ccc(N)cc1. The number of amides is 1. The van der Waals surface area contributed by atoms with Crippen LogP contribution in [0.25, 0.3) is 0 Å². The molecule has 0 fully saturated rings. The van der Waals surface area contributed by atoms with Gasteiger partial charge < -0.3 is 15.7 Å². The van der Waals surface area contributed by atoms with E-state index in [9.17, 15) is 4.79 Å². The van der Waals surface area contributed by atoms with E-state index in [1.165, 1.54) is 0 Å². The Morgan fingerprint density at radius 1 is 1.26 bits per heavy atom. The molecule has 0 aliphatic carbocycles. The van der Waals surface area contributed by atoms with Crippen molar-refractivity contribution in [1.82, 2.24) is 4.90 Å². The molecule has 1 aromatic rings. The number of aliphatic hydroxyl groups excluding tert-OH is 1. The Balaban J connectivity index is 2.96. The lowest BCUT2D eigenvalue weighted by Gasteiger charge is -2.32. The van der Waals surface area contributed by atoms with Gasteiger partial charge in [-0.15, -0.1) is 0 Å². The summed E-state index contributed by atoms with van der Waals surface area (Å²) in [6.07, 6.45) is 0.879. The number of carbonyl (C=O) groups is 1. The van der Waals surface area contributed by atoms with Gasteiger partial charge in [-0.2, -0.15) is 0 Å². The molecule has 1 aromatic carbocycles. The van der Waals surface area contributed by atoms with Crippen LogP contribution in [-0.2, 0) is 10.2 Å². The maximum Gasteiger partial charge on any atom is 0.232 e. The molecule has 19 heavy (non-hydrogen) atoms. The van der Waals surface area contributed by atoms with Gasteiger partial charge in [0.1, 0.15) is 0 Å². The maximum absolute atomic E-state index is 12.6.